The number of carbonyl (C=O) groups is 3. The van der Waals surface area contributed by atoms with E-state index in [4.69, 9.17) is 25.8 Å². The van der Waals surface area contributed by atoms with Crippen LogP contribution in [0.15, 0.2) is 65.6 Å². The molecule has 0 atom stereocenters. The van der Waals surface area contributed by atoms with E-state index in [-0.39, 0.29) is 28.6 Å². The van der Waals surface area contributed by atoms with Crippen LogP contribution in [-0.4, -0.2) is 42.3 Å². The van der Waals surface area contributed by atoms with Gasteiger partial charge in [0.1, 0.15) is 11.6 Å². The summed E-state index contributed by atoms with van der Waals surface area (Å²) >= 11 is 6.80. The first-order valence-electron chi connectivity index (χ1n) is 11.8. The summed E-state index contributed by atoms with van der Waals surface area (Å²) in [6.07, 6.45) is 1.53. The van der Waals surface area contributed by atoms with E-state index in [1.54, 1.807) is 36.4 Å². The van der Waals surface area contributed by atoms with Crippen LogP contribution in [0.2, 0.25) is 5.02 Å². The molecule has 3 amide bonds. The summed E-state index contributed by atoms with van der Waals surface area (Å²) in [5, 5.41) is 2.35. The fraction of sp³-hybridized carbons (Fsp3) is 0.179. The highest BCUT2D eigenvalue weighted by Crippen LogP contribution is 2.36. The number of rotatable bonds is 10. The lowest BCUT2D eigenvalue weighted by Crippen LogP contribution is -2.28. The van der Waals surface area contributed by atoms with Crippen LogP contribution in [0, 0.1) is 5.82 Å². The van der Waals surface area contributed by atoms with Crippen molar-refractivity contribution in [2.75, 3.05) is 25.6 Å². The van der Waals surface area contributed by atoms with Crippen LogP contribution in [0.4, 0.5) is 14.9 Å². The van der Waals surface area contributed by atoms with Gasteiger partial charge in [0.05, 0.1) is 30.9 Å². The smallest absolute Gasteiger partial charge is 0.293 e. The van der Waals surface area contributed by atoms with Gasteiger partial charge in [-0.15, -0.1) is 0 Å². The standard InChI is InChI=1S/C28H24ClFN2O6S/c1-3-37-22-10-5-4-9-21(22)31-26(33)16-38-23-12-11-17(13-24(23)36-2)14-25-27(34)32(28(35)39-25)15-18-19(29)7-6-8-20(18)30/h4-14H,3,15-16H2,1-2H3,(H,31,33)/b25-14+. The van der Waals surface area contributed by atoms with Crippen LogP contribution in [0.1, 0.15) is 18.1 Å². The molecule has 8 nitrogen and oxygen atoms in total. The maximum Gasteiger partial charge on any atom is 0.293 e. The highest BCUT2D eigenvalue weighted by molar-refractivity contribution is 8.18. The molecule has 3 aromatic carbocycles. The molecule has 1 aliphatic heterocycles. The molecule has 1 fully saturated rings. The average Bonchev–Trinajstić information content (AvgIpc) is 3.18. The van der Waals surface area contributed by atoms with Crippen LogP contribution < -0.4 is 19.5 Å². The molecule has 1 saturated heterocycles. The van der Waals surface area contributed by atoms with Crippen molar-refractivity contribution < 1.29 is 33.0 Å². The first kappa shape index (κ1) is 28.0. The number of thioether (sulfide) groups is 1. The molecule has 1 heterocycles. The fourth-order valence-corrected chi connectivity index (χ4v) is 4.76. The number of hydrogen-bond acceptors (Lipinski definition) is 7. The van der Waals surface area contributed by atoms with E-state index in [9.17, 15) is 18.8 Å². The highest BCUT2D eigenvalue weighted by atomic mass is 35.5. The highest BCUT2D eigenvalue weighted by Gasteiger charge is 2.36. The van der Waals surface area contributed by atoms with Crippen molar-refractivity contribution in [2.45, 2.75) is 13.5 Å². The number of imide groups is 1. The molecule has 202 valence electrons. The lowest BCUT2D eigenvalue weighted by atomic mass is 10.1. The number of nitrogens with zero attached hydrogens (tertiary/aromatic N) is 1. The van der Waals surface area contributed by atoms with Crippen molar-refractivity contribution >= 4 is 52.2 Å². The number of amides is 3. The van der Waals surface area contributed by atoms with Gasteiger partial charge in [-0.25, -0.2) is 4.39 Å². The fourth-order valence-electron chi connectivity index (χ4n) is 3.70. The van der Waals surface area contributed by atoms with Crippen molar-refractivity contribution in [1.82, 2.24) is 4.90 Å². The maximum absolute atomic E-state index is 14.2. The van der Waals surface area contributed by atoms with Gasteiger partial charge in [0.25, 0.3) is 17.1 Å². The maximum atomic E-state index is 14.2. The van der Waals surface area contributed by atoms with Crippen molar-refractivity contribution in [3.8, 4) is 17.2 Å². The van der Waals surface area contributed by atoms with Crippen molar-refractivity contribution in [1.29, 1.82) is 0 Å². The molecule has 0 bridgehead atoms. The molecule has 0 aromatic heterocycles. The Morgan fingerprint density at radius 3 is 2.59 bits per heavy atom. The summed E-state index contributed by atoms with van der Waals surface area (Å²) in [4.78, 5) is 39.0. The Bertz CT molecular complexity index is 1430. The zero-order chi connectivity index (χ0) is 27.9. The third kappa shape index (κ3) is 6.71. The van der Waals surface area contributed by atoms with Gasteiger partial charge in [-0.3, -0.25) is 19.3 Å². The second-order valence-electron chi connectivity index (χ2n) is 8.14. The molecule has 0 spiro atoms. The number of benzene rings is 3. The molecule has 4 rings (SSSR count). The third-order valence-electron chi connectivity index (χ3n) is 5.56. The van der Waals surface area contributed by atoms with Gasteiger partial charge in [-0.2, -0.15) is 0 Å². The van der Waals surface area contributed by atoms with Gasteiger partial charge in [0.2, 0.25) is 0 Å². The number of para-hydroxylation sites is 2. The molecule has 39 heavy (non-hydrogen) atoms. The summed E-state index contributed by atoms with van der Waals surface area (Å²) in [5.41, 5.74) is 1.15. The van der Waals surface area contributed by atoms with Crippen LogP contribution in [0.3, 0.4) is 0 Å². The van der Waals surface area contributed by atoms with Gasteiger partial charge in [-0.1, -0.05) is 35.9 Å². The predicted octanol–water partition coefficient (Wildman–Crippen LogP) is 6.14. The molecule has 0 aliphatic carbocycles. The molecular weight excluding hydrogens is 547 g/mol. The van der Waals surface area contributed by atoms with E-state index in [0.29, 0.717) is 35.1 Å². The minimum absolute atomic E-state index is 0.0660. The lowest BCUT2D eigenvalue weighted by molar-refractivity contribution is -0.123. The number of anilines is 1. The molecular formula is C28H24ClFN2O6S. The van der Waals surface area contributed by atoms with Gasteiger partial charge in [-0.05, 0) is 66.7 Å². The zero-order valence-electron chi connectivity index (χ0n) is 21.0. The minimum Gasteiger partial charge on any atom is -0.493 e. The van der Waals surface area contributed by atoms with E-state index >= 15 is 0 Å². The topological polar surface area (TPSA) is 94.2 Å². The second-order valence-corrected chi connectivity index (χ2v) is 9.54. The van der Waals surface area contributed by atoms with Gasteiger partial charge in [0, 0.05) is 10.6 Å². The Hall–Kier alpha value is -4.02. The predicted molar refractivity (Wildman–Crippen MR) is 148 cm³/mol. The Balaban J connectivity index is 1.43. The number of halogens is 2. The number of methoxy groups -OCH3 is 1. The van der Waals surface area contributed by atoms with Crippen LogP contribution in [0.5, 0.6) is 17.2 Å². The third-order valence-corrected chi connectivity index (χ3v) is 6.82. The van der Waals surface area contributed by atoms with E-state index in [1.807, 2.05) is 13.0 Å². The van der Waals surface area contributed by atoms with E-state index in [0.717, 1.165) is 16.7 Å². The lowest BCUT2D eigenvalue weighted by Gasteiger charge is -2.14. The molecule has 0 unspecified atom stereocenters. The van der Waals surface area contributed by atoms with Crippen molar-refractivity contribution in [2.24, 2.45) is 0 Å². The second kappa shape index (κ2) is 12.7. The van der Waals surface area contributed by atoms with E-state index in [1.165, 1.54) is 31.4 Å². The number of carbonyl (C=O) groups excluding carboxylic acids is 3. The summed E-state index contributed by atoms with van der Waals surface area (Å²) in [6, 6.07) is 16.1. The Kier molecular flexibility index (Phi) is 9.11. The van der Waals surface area contributed by atoms with Gasteiger partial charge in [0.15, 0.2) is 18.1 Å². The minimum atomic E-state index is -0.599. The van der Waals surface area contributed by atoms with E-state index < -0.39 is 22.9 Å². The van der Waals surface area contributed by atoms with Crippen LogP contribution >= 0.6 is 23.4 Å². The van der Waals surface area contributed by atoms with Crippen LogP contribution in [0.25, 0.3) is 6.08 Å². The van der Waals surface area contributed by atoms with Crippen molar-refractivity contribution in [3.63, 3.8) is 0 Å². The normalized spacial score (nSPS) is 14.1. The van der Waals surface area contributed by atoms with Gasteiger partial charge >= 0.3 is 0 Å². The first-order chi connectivity index (χ1) is 18.8. The number of nitrogens with one attached hydrogen (secondary N) is 1. The summed E-state index contributed by atoms with van der Waals surface area (Å²) in [5.74, 6) is -0.368. The Morgan fingerprint density at radius 1 is 1.05 bits per heavy atom. The number of hydrogen-bond donors (Lipinski definition) is 1. The summed E-state index contributed by atoms with van der Waals surface area (Å²) < 4.78 is 30.7. The number of ether oxygens (including phenoxy) is 3. The molecule has 0 radical (unpaired) electrons. The molecule has 1 aliphatic rings. The molecule has 3 aromatic rings. The quantitative estimate of drug-likeness (QED) is 0.293. The molecule has 0 saturated carbocycles. The zero-order valence-corrected chi connectivity index (χ0v) is 22.6. The van der Waals surface area contributed by atoms with E-state index in [2.05, 4.69) is 5.32 Å². The average molecular weight is 571 g/mol. The first-order valence-corrected chi connectivity index (χ1v) is 13.0. The Morgan fingerprint density at radius 2 is 1.85 bits per heavy atom. The Labute approximate surface area is 233 Å². The SMILES string of the molecule is CCOc1ccccc1NC(=O)COc1ccc(/C=C2/SC(=O)N(Cc3c(F)cccc3Cl)C2=O)cc1OC. The molecule has 11 heteroatoms. The summed E-state index contributed by atoms with van der Waals surface area (Å²) in [7, 11) is 1.44. The largest absolute Gasteiger partial charge is 0.493 e. The molecule has 1 N–H and O–H groups in total. The van der Waals surface area contributed by atoms with Crippen molar-refractivity contribution in [3.05, 3.63) is 87.5 Å². The summed E-state index contributed by atoms with van der Waals surface area (Å²) in [6.45, 7) is 1.75. The van der Waals surface area contributed by atoms with Crippen LogP contribution in [-0.2, 0) is 16.1 Å². The monoisotopic (exact) mass is 570 g/mol. The van der Waals surface area contributed by atoms with Gasteiger partial charge < -0.3 is 19.5 Å².